The Morgan fingerprint density at radius 1 is 0.468 bits per heavy atom. The van der Waals surface area contributed by atoms with Gasteiger partial charge in [-0.3, -0.25) is 4.79 Å². The largest absolute Gasteiger partial charge is 0.516 e. The van der Waals surface area contributed by atoms with E-state index < -0.39 is 34.9 Å². The van der Waals surface area contributed by atoms with Gasteiger partial charge in [0, 0.05) is 7.26 Å². The van der Waals surface area contributed by atoms with Crippen molar-refractivity contribution in [3.05, 3.63) is 0 Å². The summed E-state index contributed by atoms with van der Waals surface area (Å²) in [5.41, 5.74) is -5.96. The number of hydrogen-bond donors (Lipinski definition) is 1. The lowest BCUT2D eigenvalue weighted by atomic mass is 10.1. The molecule has 284 valence electrons. The molecule has 0 aliphatic heterocycles. The maximum atomic E-state index is 11.4. The molecule has 0 unspecified atom stereocenters. The number of halogens is 6. The van der Waals surface area contributed by atoms with Gasteiger partial charge in [-0.15, -0.1) is 0 Å². The molecule has 0 aromatic carbocycles. The monoisotopic (exact) mass is 728 g/mol. The number of carbonyl (C=O) groups is 1. The highest BCUT2D eigenvalue weighted by Gasteiger charge is 2.51. The van der Waals surface area contributed by atoms with Crippen molar-refractivity contribution in [2.75, 3.05) is 24.6 Å². The van der Waals surface area contributed by atoms with Gasteiger partial charge in [-0.25, -0.2) is 4.72 Å². The summed E-state index contributed by atoms with van der Waals surface area (Å²) in [6.45, 7) is 9.38. The first kappa shape index (κ1) is 48.5. The zero-order valence-electron chi connectivity index (χ0n) is 30.1. The van der Waals surface area contributed by atoms with Crippen molar-refractivity contribution in [1.82, 2.24) is 4.72 Å². The van der Waals surface area contributed by atoms with E-state index in [-0.39, 0.29) is 4.72 Å². The maximum absolute atomic E-state index is 11.4. The summed E-state index contributed by atoms with van der Waals surface area (Å²) < 4.78 is 87.9. The smallest absolute Gasteiger partial charge is 0.263 e. The average molecular weight is 729 g/mol. The molecule has 0 radical (unpaired) electrons. The van der Waals surface area contributed by atoms with Crippen LogP contribution in [0.3, 0.4) is 0 Å². The Morgan fingerprint density at radius 3 is 0.915 bits per heavy atom. The molecular weight excluding hydrogens is 659 g/mol. The zero-order chi connectivity index (χ0) is 36.1. The molecule has 0 saturated heterocycles. The minimum atomic E-state index is -6.30. The van der Waals surface area contributed by atoms with E-state index in [1.807, 2.05) is 0 Å². The molecule has 0 spiro atoms. The standard InChI is InChI=1S/C32H68P.C3HF6NO3S/c1-5-9-13-17-21-25-29-33(30-26-22-18-14-10-6-2,31-27-23-19-15-11-7-3)32-28-24-20-16-12-8-4;4-2(5,6)1(11)10-14(12,13)3(7,8)9/h5-32H2,1-4H3;(H,10,11)/q+1;. The van der Waals surface area contributed by atoms with Gasteiger partial charge < -0.3 is 0 Å². The van der Waals surface area contributed by atoms with E-state index in [1.54, 1.807) is 50.3 Å². The molecule has 0 bridgehead atoms. The third kappa shape index (κ3) is 27.9. The number of amides is 1. The fourth-order valence-electron chi connectivity index (χ4n) is 5.82. The minimum Gasteiger partial charge on any atom is -0.263 e. The van der Waals surface area contributed by atoms with Gasteiger partial charge >= 0.3 is 27.6 Å². The Kier molecular flexibility index (Phi) is 30.1. The van der Waals surface area contributed by atoms with Crippen LogP contribution in [-0.4, -0.2) is 50.7 Å². The van der Waals surface area contributed by atoms with E-state index in [1.165, 1.54) is 128 Å². The summed E-state index contributed by atoms with van der Waals surface area (Å²) in [5, 5.41) is 0. The summed E-state index contributed by atoms with van der Waals surface area (Å²) in [7, 11) is -7.02. The van der Waals surface area contributed by atoms with Crippen LogP contribution in [0.15, 0.2) is 0 Å². The van der Waals surface area contributed by atoms with Gasteiger partial charge in [-0.05, 0) is 51.4 Å². The van der Waals surface area contributed by atoms with Gasteiger partial charge in [-0.2, -0.15) is 34.8 Å². The predicted molar refractivity (Wildman–Crippen MR) is 189 cm³/mol. The lowest BCUT2D eigenvalue weighted by Gasteiger charge is -2.28. The Morgan fingerprint density at radius 2 is 0.702 bits per heavy atom. The molecule has 47 heavy (non-hydrogen) atoms. The highest BCUT2D eigenvalue weighted by atomic mass is 32.2. The van der Waals surface area contributed by atoms with E-state index in [9.17, 15) is 39.6 Å². The van der Waals surface area contributed by atoms with Gasteiger partial charge in [0.15, 0.2) is 0 Å². The molecule has 0 aliphatic carbocycles. The highest BCUT2D eigenvalue weighted by molar-refractivity contribution is 7.90. The third-order valence-electron chi connectivity index (χ3n) is 8.73. The summed E-state index contributed by atoms with van der Waals surface area (Å²) in [5.74, 6) is -3.20. The predicted octanol–water partition coefficient (Wildman–Crippen LogP) is 13.0. The van der Waals surface area contributed by atoms with Crippen LogP contribution in [0.5, 0.6) is 0 Å². The van der Waals surface area contributed by atoms with Crippen LogP contribution in [0.4, 0.5) is 26.3 Å². The summed E-state index contributed by atoms with van der Waals surface area (Å²) >= 11 is 0. The maximum Gasteiger partial charge on any atom is 0.516 e. The lowest BCUT2D eigenvalue weighted by molar-refractivity contribution is -0.171. The van der Waals surface area contributed by atoms with Crippen LogP contribution in [0, 0.1) is 0 Å². The molecular formula is C35H69F6NO3PS+. The van der Waals surface area contributed by atoms with E-state index in [4.69, 9.17) is 0 Å². The molecule has 4 nitrogen and oxygen atoms in total. The summed E-state index contributed by atoms with van der Waals surface area (Å²) in [4.78, 5) is 9.81. The van der Waals surface area contributed by atoms with Gasteiger partial charge in [0.05, 0.1) is 24.6 Å². The molecule has 0 atom stereocenters. The Bertz CT molecular complexity index is 769. The van der Waals surface area contributed by atoms with Crippen LogP contribution in [0.1, 0.15) is 182 Å². The number of nitrogens with one attached hydrogen (secondary N) is 1. The molecule has 12 heteroatoms. The van der Waals surface area contributed by atoms with Gasteiger partial charge in [-0.1, -0.05) is 130 Å². The number of hydrogen-bond acceptors (Lipinski definition) is 3. The van der Waals surface area contributed by atoms with Crippen molar-refractivity contribution in [1.29, 1.82) is 0 Å². The molecule has 0 fully saturated rings. The van der Waals surface area contributed by atoms with Gasteiger partial charge in [0.25, 0.3) is 0 Å². The number of alkyl halides is 6. The number of rotatable bonds is 29. The molecule has 0 aromatic heterocycles. The number of carbonyl (C=O) groups excluding carboxylic acids is 1. The quantitative estimate of drug-likeness (QED) is 0.0474. The van der Waals surface area contributed by atoms with Crippen molar-refractivity contribution in [2.45, 2.75) is 193 Å². The van der Waals surface area contributed by atoms with Crippen LogP contribution < -0.4 is 4.72 Å². The fourth-order valence-corrected chi connectivity index (χ4v) is 11.2. The third-order valence-corrected chi connectivity index (χ3v) is 14.9. The molecule has 0 heterocycles. The van der Waals surface area contributed by atoms with Gasteiger partial charge in [0.2, 0.25) is 0 Å². The average Bonchev–Trinajstić information content (AvgIpc) is 2.99. The first-order valence-corrected chi connectivity index (χ1v) is 22.7. The topological polar surface area (TPSA) is 63.2 Å². The molecule has 0 rings (SSSR count). The van der Waals surface area contributed by atoms with Crippen molar-refractivity contribution < 1.29 is 39.6 Å². The van der Waals surface area contributed by atoms with E-state index >= 15 is 0 Å². The van der Waals surface area contributed by atoms with Crippen molar-refractivity contribution >= 4 is 23.2 Å². The second kappa shape index (κ2) is 29.2. The number of sulfonamides is 1. The molecule has 0 aromatic rings. The van der Waals surface area contributed by atoms with Gasteiger partial charge in [0.1, 0.15) is 0 Å². The first-order valence-electron chi connectivity index (χ1n) is 18.7. The van der Waals surface area contributed by atoms with Crippen LogP contribution in [-0.2, 0) is 14.8 Å². The fraction of sp³-hybridized carbons (Fsp3) is 0.971. The summed E-state index contributed by atoms with van der Waals surface area (Å²) in [6, 6.07) is 0. The minimum absolute atomic E-state index is 0.181. The second-order valence-corrected chi connectivity index (χ2v) is 19.3. The molecule has 0 saturated carbocycles. The normalized spacial score (nSPS) is 12.6. The van der Waals surface area contributed by atoms with Crippen LogP contribution in [0.2, 0.25) is 0 Å². The molecule has 0 aliphatic rings. The van der Waals surface area contributed by atoms with Crippen molar-refractivity contribution in [3.8, 4) is 0 Å². The summed E-state index contributed by atoms with van der Waals surface area (Å²) in [6.07, 6.45) is 36.4. The molecule has 1 N–H and O–H groups in total. The molecule has 1 amide bonds. The van der Waals surface area contributed by atoms with Crippen molar-refractivity contribution in [2.24, 2.45) is 0 Å². The Balaban J connectivity index is 0. The van der Waals surface area contributed by atoms with Crippen molar-refractivity contribution in [3.63, 3.8) is 0 Å². The number of unbranched alkanes of at least 4 members (excludes halogenated alkanes) is 20. The van der Waals surface area contributed by atoms with E-state index in [0.29, 0.717) is 0 Å². The lowest BCUT2D eigenvalue weighted by Crippen LogP contribution is -2.46. The van der Waals surface area contributed by atoms with Crippen LogP contribution in [0.25, 0.3) is 0 Å². The first-order chi connectivity index (χ1) is 22.1. The second-order valence-electron chi connectivity index (χ2n) is 13.2. The van der Waals surface area contributed by atoms with E-state index in [0.717, 1.165) is 0 Å². The SMILES string of the molecule is CCCCCCCC[P+](CCCCCCCC)(CCCCCCCC)CCCCCCCC.O=C(NS(=O)(=O)C(F)(F)F)C(F)(F)F. The Hall–Kier alpha value is -0.570. The van der Waals surface area contributed by atoms with Crippen LogP contribution >= 0.6 is 7.26 Å². The zero-order valence-corrected chi connectivity index (χ0v) is 31.9. The Labute approximate surface area is 285 Å². The van der Waals surface area contributed by atoms with E-state index in [2.05, 4.69) is 27.7 Å². The highest BCUT2D eigenvalue weighted by Crippen LogP contribution is 2.61.